The molecule has 0 spiro atoms. The molecular formula is C10H9Cl2N3O4S. The van der Waals surface area contributed by atoms with Crippen molar-refractivity contribution in [1.82, 2.24) is 15.4 Å². The highest BCUT2D eigenvalue weighted by Crippen LogP contribution is 2.24. The van der Waals surface area contributed by atoms with E-state index in [1.54, 1.807) is 0 Å². The predicted molar refractivity (Wildman–Crippen MR) is 72.1 cm³/mol. The fraction of sp³-hybridized carbons (Fsp3) is 0.200. The molecule has 0 aromatic heterocycles. The van der Waals surface area contributed by atoms with Crippen LogP contribution in [0.3, 0.4) is 0 Å². The number of hydrogen-bond donors (Lipinski definition) is 3. The van der Waals surface area contributed by atoms with E-state index in [2.05, 4.69) is 10.0 Å². The lowest BCUT2D eigenvalue weighted by Gasteiger charge is -2.10. The van der Waals surface area contributed by atoms with Gasteiger partial charge in [-0.3, -0.25) is 10.1 Å². The number of carbonyl (C=O) groups excluding carboxylic acids is 2. The van der Waals surface area contributed by atoms with E-state index in [0.717, 1.165) is 0 Å². The Hall–Kier alpha value is -1.35. The second-order valence-corrected chi connectivity index (χ2v) is 6.52. The summed E-state index contributed by atoms with van der Waals surface area (Å²) >= 11 is 11.4. The van der Waals surface area contributed by atoms with Crippen molar-refractivity contribution in [2.75, 3.05) is 6.54 Å². The Labute approximate surface area is 124 Å². The summed E-state index contributed by atoms with van der Waals surface area (Å²) in [6.07, 6.45) is 0. The van der Waals surface area contributed by atoms with Crippen molar-refractivity contribution in [3.05, 3.63) is 28.2 Å². The largest absolute Gasteiger partial charge is 0.325 e. The maximum absolute atomic E-state index is 12.0. The van der Waals surface area contributed by atoms with Gasteiger partial charge in [0.25, 0.3) is 5.91 Å². The molecule has 1 aromatic rings. The average Bonchev–Trinajstić information content (AvgIpc) is 2.69. The van der Waals surface area contributed by atoms with Crippen LogP contribution in [0, 0.1) is 0 Å². The molecule has 108 valence electrons. The normalized spacial score (nSPS) is 18.8. The Morgan fingerprint density at radius 1 is 1.20 bits per heavy atom. The molecule has 1 saturated heterocycles. The van der Waals surface area contributed by atoms with Crippen molar-refractivity contribution in [3.8, 4) is 0 Å². The lowest BCUT2D eigenvalue weighted by atomic mass is 10.3. The van der Waals surface area contributed by atoms with Gasteiger partial charge in [0.2, 0.25) is 10.0 Å². The van der Waals surface area contributed by atoms with Crippen LogP contribution in [0.2, 0.25) is 10.0 Å². The van der Waals surface area contributed by atoms with E-state index in [1.165, 1.54) is 18.2 Å². The molecule has 1 aliphatic heterocycles. The van der Waals surface area contributed by atoms with Gasteiger partial charge in [0.05, 0.1) is 14.9 Å². The van der Waals surface area contributed by atoms with E-state index in [0.29, 0.717) is 0 Å². The number of halogens is 2. The van der Waals surface area contributed by atoms with Gasteiger partial charge in [0, 0.05) is 6.54 Å². The molecule has 0 aliphatic carbocycles. The standard InChI is InChI=1S/C10H9Cl2N3O4S/c11-6-2-1-5(3-7(6)12)20(18,19)13-4-8-9(16)15-10(17)14-8/h1-3,8,13H,4H2,(H2,14,15,16,17). The molecule has 0 saturated carbocycles. The van der Waals surface area contributed by atoms with Crippen LogP contribution in [-0.4, -0.2) is 32.9 Å². The van der Waals surface area contributed by atoms with Gasteiger partial charge in [-0.05, 0) is 18.2 Å². The predicted octanol–water partition coefficient (Wildman–Crippen LogP) is 0.480. The van der Waals surface area contributed by atoms with Crippen LogP contribution in [0.15, 0.2) is 23.1 Å². The van der Waals surface area contributed by atoms with E-state index in [9.17, 15) is 18.0 Å². The molecule has 1 aromatic carbocycles. The van der Waals surface area contributed by atoms with E-state index >= 15 is 0 Å². The van der Waals surface area contributed by atoms with Gasteiger partial charge in [-0.2, -0.15) is 0 Å². The number of rotatable bonds is 4. The van der Waals surface area contributed by atoms with Crippen LogP contribution in [0.1, 0.15) is 0 Å². The number of benzene rings is 1. The Kier molecular flexibility index (Phi) is 4.19. The smallest absolute Gasteiger partial charge is 0.322 e. The second kappa shape index (κ2) is 5.57. The van der Waals surface area contributed by atoms with Gasteiger partial charge in [-0.25, -0.2) is 17.9 Å². The lowest BCUT2D eigenvalue weighted by molar-refractivity contribution is -0.120. The van der Waals surface area contributed by atoms with Gasteiger partial charge in [0.1, 0.15) is 6.04 Å². The van der Waals surface area contributed by atoms with Crippen molar-refractivity contribution in [1.29, 1.82) is 0 Å². The highest BCUT2D eigenvalue weighted by Gasteiger charge is 2.30. The number of hydrogen-bond acceptors (Lipinski definition) is 4. The molecule has 1 heterocycles. The van der Waals surface area contributed by atoms with E-state index in [-0.39, 0.29) is 21.5 Å². The molecule has 1 fully saturated rings. The first-order chi connectivity index (χ1) is 9.29. The fourth-order valence-corrected chi connectivity index (χ4v) is 2.96. The molecule has 1 unspecified atom stereocenters. The molecule has 3 amide bonds. The van der Waals surface area contributed by atoms with E-state index in [4.69, 9.17) is 23.2 Å². The molecule has 20 heavy (non-hydrogen) atoms. The van der Waals surface area contributed by atoms with Crippen molar-refractivity contribution < 1.29 is 18.0 Å². The maximum Gasteiger partial charge on any atom is 0.322 e. The Morgan fingerprint density at radius 3 is 2.45 bits per heavy atom. The average molecular weight is 338 g/mol. The zero-order chi connectivity index (χ0) is 14.9. The van der Waals surface area contributed by atoms with Crippen molar-refractivity contribution in [3.63, 3.8) is 0 Å². The van der Waals surface area contributed by atoms with Crippen LogP contribution >= 0.6 is 23.2 Å². The molecule has 10 heteroatoms. The molecule has 1 atom stereocenters. The van der Waals surface area contributed by atoms with Gasteiger partial charge >= 0.3 is 6.03 Å². The van der Waals surface area contributed by atoms with Crippen molar-refractivity contribution >= 4 is 45.2 Å². The van der Waals surface area contributed by atoms with Crippen LogP contribution < -0.4 is 15.4 Å². The van der Waals surface area contributed by atoms with Crippen LogP contribution in [-0.2, 0) is 14.8 Å². The number of carbonyl (C=O) groups is 2. The second-order valence-electron chi connectivity index (χ2n) is 3.94. The van der Waals surface area contributed by atoms with Crippen molar-refractivity contribution in [2.45, 2.75) is 10.9 Å². The summed E-state index contributed by atoms with van der Waals surface area (Å²) in [5, 5.41) is 4.60. The molecule has 0 bridgehead atoms. The van der Waals surface area contributed by atoms with Crippen LogP contribution in [0.5, 0.6) is 0 Å². The van der Waals surface area contributed by atoms with Gasteiger partial charge < -0.3 is 5.32 Å². The molecular weight excluding hydrogens is 329 g/mol. The highest BCUT2D eigenvalue weighted by atomic mass is 35.5. The minimum atomic E-state index is -3.85. The SMILES string of the molecule is O=C1NC(=O)C(CNS(=O)(=O)c2ccc(Cl)c(Cl)c2)N1. The topological polar surface area (TPSA) is 104 Å². The van der Waals surface area contributed by atoms with Crippen LogP contribution in [0.25, 0.3) is 0 Å². The van der Waals surface area contributed by atoms with Crippen LogP contribution in [0.4, 0.5) is 4.79 Å². The van der Waals surface area contributed by atoms with Gasteiger partial charge in [0.15, 0.2) is 0 Å². The third-order valence-electron chi connectivity index (χ3n) is 2.54. The third kappa shape index (κ3) is 3.21. The lowest BCUT2D eigenvalue weighted by Crippen LogP contribution is -2.41. The van der Waals surface area contributed by atoms with Gasteiger partial charge in [-0.15, -0.1) is 0 Å². The number of amides is 3. The summed E-state index contributed by atoms with van der Waals surface area (Å²) in [6, 6.07) is 2.22. The Morgan fingerprint density at radius 2 is 1.90 bits per heavy atom. The third-order valence-corrected chi connectivity index (χ3v) is 4.70. The highest BCUT2D eigenvalue weighted by molar-refractivity contribution is 7.89. The first kappa shape index (κ1) is 15.0. The summed E-state index contributed by atoms with van der Waals surface area (Å²) in [4.78, 5) is 22.1. The molecule has 3 N–H and O–H groups in total. The Bertz CT molecular complexity index is 677. The monoisotopic (exact) mass is 337 g/mol. The fourth-order valence-electron chi connectivity index (χ4n) is 1.52. The number of nitrogens with one attached hydrogen (secondary N) is 3. The minimum Gasteiger partial charge on any atom is -0.325 e. The molecule has 0 radical (unpaired) electrons. The zero-order valence-corrected chi connectivity index (χ0v) is 12.1. The first-order valence-electron chi connectivity index (χ1n) is 5.35. The maximum atomic E-state index is 12.0. The zero-order valence-electron chi connectivity index (χ0n) is 9.81. The molecule has 1 aliphatic rings. The summed E-state index contributed by atoms with van der Waals surface area (Å²) < 4.78 is 26.2. The molecule has 2 rings (SSSR count). The summed E-state index contributed by atoms with van der Waals surface area (Å²) in [5.41, 5.74) is 0. The minimum absolute atomic E-state index is 0.0865. The van der Waals surface area contributed by atoms with E-state index < -0.39 is 28.0 Å². The summed E-state index contributed by atoms with van der Waals surface area (Å²) in [6.45, 7) is -0.264. The number of imide groups is 1. The first-order valence-corrected chi connectivity index (χ1v) is 7.59. The number of sulfonamides is 1. The number of urea groups is 1. The molecule has 7 nitrogen and oxygen atoms in total. The summed E-state index contributed by atoms with van der Waals surface area (Å²) in [5.74, 6) is -0.591. The van der Waals surface area contributed by atoms with Crippen molar-refractivity contribution in [2.24, 2.45) is 0 Å². The van der Waals surface area contributed by atoms with Gasteiger partial charge in [-0.1, -0.05) is 23.2 Å². The quantitative estimate of drug-likeness (QED) is 0.695. The van der Waals surface area contributed by atoms with E-state index in [1.807, 2.05) is 5.32 Å². The Balaban J connectivity index is 2.09. The summed E-state index contributed by atoms with van der Waals surface area (Å²) in [7, 11) is -3.85.